The highest BCUT2D eigenvalue weighted by atomic mass is 19.1. The van der Waals surface area contributed by atoms with Gasteiger partial charge in [0.05, 0.1) is 5.69 Å². The first-order chi connectivity index (χ1) is 16.3. The molecule has 9 heteroatoms. The Morgan fingerprint density at radius 2 is 1.74 bits per heavy atom. The molecule has 4 rings (SSSR count). The molecule has 0 aliphatic carbocycles. The second-order valence-corrected chi connectivity index (χ2v) is 8.25. The molecule has 1 atom stereocenters. The summed E-state index contributed by atoms with van der Waals surface area (Å²) in [7, 11) is 3.64. The van der Waals surface area contributed by atoms with Crippen molar-refractivity contribution in [3.8, 4) is 0 Å². The smallest absolute Gasteiger partial charge is 0.255 e. The Kier molecular flexibility index (Phi) is 6.45. The Bertz CT molecular complexity index is 1210. The summed E-state index contributed by atoms with van der Waals surface area (Å²) < 4.78 is 13.0. The minimum atomic E-state index is -0.385. The van der Waals surface area contributed by atoms with Crippen LogP contribution in [0.2, 0.25) is 0 Å². The van der Waals surface area contributed by atoms with Crippen molar-refractivity contribution in [1.82, 2.24) is 9.97 Å². The number of carbonyl (C=O) groups excluding carboxylic acids is 2. The highest BCUT2D eigenvalue weighted by Crippen LogP contribution is 2.36. The average Bonchev–Trinajstić information content (AvgIpc) is 2.82. The lowest BCUT2D eigenvalue weighted by molar-refractivity contribution is -0.119. The molecule has 8 nitrogen and oxygen atoms in total. The summed E-state index contributed by atoms with van der Waals surface area (Å²) in [5, 5.41) is 6.05. The molecular formula is C25H27FN6O2. The van der Waals surface area contributed by atoms with Gasteiger partial charge in [-0.25, -0.2) is 9.37 Å². The van der Waals surface area contributed by atoms with Crippen molar-refractivity contribution in [1.29, 1.82) is 0 Å². The monoisotopic (exact) mass is 462 g/mol. The molecule has 1 aromatic heterocycles. The number of likely N-dealkylation sites (N-methyl/N-ethyl adjacent to an activating group) is 2. The lowest BCUT2D eigenvalue weighted by Crippen LogP contribution is -2.51. The van der Waals surface area contributed by atoms with Crippen LogP contribution in [0.4, 0.5) is 27.5 Å². The van der Waals surface area contributed by atoms with Crippen molar-refractivity contribution in [3.63, 3.8) is 0 Å². The van der Waals surface area contributed by atoms with Gasteiger partial charge in [-0.3, -0.25) is 9.59 Å². The molecule has 2 aromatic carbocycles. The van der Waals surface area contributed by atoms with Gasteiger partial charge in [-0.05, 0) is 55.3 Å². The van der Waals surface area contributed by atoms with E-state index in [1.165, 1.54) is 24.3 Å². The Labute approximate surface area is 197 Å². The summed E-state index contributed by atoms with van der Waals surface area (Å²) in [6.45, 7) is 4.34. The minimum Gasteiger partial charge on any atom is -0.350 e. The summed E-state index contributed by atoms with van der Waals surface area (Å²) in [6.07, 6.45) is 0.689. The number of benzene rings is 2. The molecule has 1 unspecified atom stereocenters. The van der Waals surface area contributed by atoms with Crippen LogP contribution < -0.4 is 20.4 Å². The van der Waals surface area contributed by atoms with Crippen LogP contribution in [0.25, 0.3) is 0 Å². The van der Waals surface area contributed by atoms with Gasteiger partial charge in [0.1, 0.15) is 17.5 Å². The van der Waals surface area contributed by atoms with Gasteiger partial charge in [-0.1, -0.05) is 19.1 Å². The first-order valence-corrected chi connectivity index (χ1v) is 11.1. The van der Waals surface area contributed by atoms with Crippen LogP contribution in [0, 0.1) is 12.7 Å². The number of fused-ring (bicyclic) bond motifs is 1. The van der Waals surface area contributed by atoms with Crippen molar-refractivity contribution < 1.29 is 14.0 Å². The highest BCUT2D eigenvalue weighted by molar-refractivity contribution is 6.05. The number of hydrogen-bond donors (Lipinski definition) is 2. The number of rotatable bonds is 6. The van der Waals surface area contributed by atoms with E-state index in [0.717, 1.165) is 22.8 Å². The fourth-order valence-corrected chi connectivity index (χ4v) is 4.06. The van der Waals surface area contributed by atoms with Gasteiger partial charge >= 0.3 is 0 Å². The second kappa shape index (κ2) is 9.46. The number of aromatic nitrogens is 2. The standard InChI is InChI=1S/C25H27FN6O2/c1-5-20-24(34)32(4)21-15(2)28-25(30-22(21)31(20)3)27-14-16-6-12-19(13-7-16)29-23(33)17-8-10-18(26)11-9-17/h6-13,20H,5,14H2,1-4H3,(H,29,33)(H,27,28,30). The molecule has 2 heterocycles. The third kappa shape index (κ3) is 4.54. The SMILES string of the molecule is CCC1C(=O)N(C)c2c(C)nc(NCc3ccc(NC(=O)c4ccc(F)cc4)cc3)nc2N1C. The molecule has 176 valence electrons. The largest absolute Gasteiger partial charge is 0.350 e. The Balaban J connectivity index is 1.43. The number of aryl methyl sites for hydroxylation is 1. The molecule has 1 aliphatic rings. The van der Waals surface area contributed by atoms with Crippen molar-refractivity contribution in [2.24, 2.45) is 0 Å². The van der Waals surface area contributed by atoms with E-state index in [1.54, 1.807) is 24.1 Å². The van der Waals surface area contributed by atoms with E-state index in [9.17, 15) is 14.0 Å². The van der Waals surface area contributed by atoms with Crippen molar-refractivity contribution in [3.05, 3.63) is 71.2 Å². The van der Waals surface area contributed by atoms with Gasteiger partial charge in [-0.2, -0.15) is 4.98 Å². The fourth-order valence-electron chi connectivity index (χ4n) is 4.06. The zero-order valence-electron chi connectivity index (χ0n) is 19.6. The summed E-state index contributed by atoms with van der Waals surface area (Å²) in [5.41, 5.74) is 3.45. The molecule has 0 saturated carbocycles. The molecule has 0 radical (unpaired) electrons. The van der Waals surface area contributed by atoms with Crippen LogP contribution in [0.3, 0.4) is 0 Å². The molecule has 2 N–H and O–H groups in total. The van der Waals surface area contributed by atoms with Gasteiger partial charge in [0, 0.05) is 31.9 Å². The number of hydrogen-bond acceptors (Lipinski definition) is 6. The predicted octanol–water partition coefficient (Wildman–Crippen LogP) is 3.98. The molecule has 0 spiro atoms. The number of amides is 2. The van der Waals surface area contributed by atoms with Gasteiger partial charge in [0.15, 0.2) is 5.82 Å². The Hall–Kier alpha value is -4.01. The highest BCUT2D eigenvalue weighted by Gasteiger charge is 2.36. The van der Waals surface area contributed by atoms with Crippen LogP contribution >= 0.6 is 0 Å². The Morgan fingerprint density at radius 1 is 1.06 bits per heavy atom. The summed E-state index contributed by atoms with van der Waals surface area (Å²) >= 11 is 0. The number of halogens is 1. The van der Waals surface area contributed by atoms with Gasteiger partial charge < -0.3 is 20.4 Å². The summed E-state index contributed by atoms with van der Waals surface area (Å²) in [6, 6.07) is 12.5. The zero-order chi connectivity index (χ0) is 24.4. The van der Waals surface area contributed by atoms with E-state index in [1.807, 2.05) is 37.9 Å². The van der Waals surface area contributed by atoms with E-state index in [0.29, 0.717) is 30.2 Å². The van der Waals surface area contributed by atoms with Crippen molar-refractivity contribution in [2.45, 2.75) is 32.9 Å². The van der Waals surface area contributed by atoms with Crippen LogP contribution in [0.5, 0.6) is 0 Å². The van der Waals surface area contributed by atoms with Gasteiger partial charge in [0.2, 0.25) is 11.9 Å². The first kappa shape index (κ1) is 23.2. The van der Waals surface area contributed by atoms with Crippen molar-refractivity contribution >= 4 is 35.0 Å². The maximum Gasteiger partial charge on any atom is 0.255 e. The molecule has 3 aromatic rings. The van der Waals surface area contributed by atoms with E-state index < -0.39 is 0 Å². The van der Waals surface area contributed by atoms with Crippen LogP contribution in [-0.4, -0.2) is 41.9 Å². The molecule has 34 heavy (non-hydrogen) atoms. The molecular weight excluding hydrogens is 435 g/mol. The predicted molar refractivity (Wildman–Crippen MR) is 131 cm³/mol. The molecule has 0 saturated heterocycles. The second-order valence-electron chi connectivity index (χ2n) is 8.25. The van der Waals surface area contributed by atoms with Crippen LogP contribution in [0.1, 0.15) is 35.0 Å². The maximum atomic E-state index is 13.0. The zero-order valence-corrected chi connectivity index (χ0v) is 19.6. The third-order valence-electron chi connectivity index (χ3n) is 5.95. The quantitative estimate of drug-likeness (QED) is 0.576. The third-order valence-corrected chi connectivity index (χ3v) is 5.95. The lowest BCUT2D eigenvalue weighted by atomic mass is 10.1. The number of nitrogens with one attached hydrogen (secondary N) is 2. The summed E-state index contributed by atoms with van der Waals surface area (Å²) in [4.78, 5) is 37.7. The maximum absolute atomic E-state index is 13.0. The molecule has 2 amide bonds. The van der Waals surface area contributed by atoms with Crippen LogP contribution in [-0.2, 0) is 11.3 Å². The van der Waals surface area contributed by atoms with E-state index in [4.69, 9.17) is 0 Å². The number of nitrogens with zero attached hydrogens (tertiary/aromatic N) is 4. The lowest BCUT2D eigenvalue weighted by Gasteiger charge is -2.38. The number of anilines is 4. The van der Waals surface area contributed by atoms with E-state index >= 15 is 0 Å². The van der Waals surface area contributed by atoms with Gasteiger partial charge in [-0.15, -0.1) is 0 Å². The molecule has 0 bridgehead atoms. The minimum absolute atomic E-state index is 0.0384. The normalized spacial score (nSPS) is 15.2. The average molecular weight is 463 g/mol. The molecule has 1 aliphatic heterocycles. The topological polar surface area (TPSA) is 90.5 Å². The van der Waals surface area contributed by atoms with E-state index in [2.05, 4.69) is 20.6 Å². The number of carbonyl (C=O) groups is 2. The summed E-state index contributed by atoms with van der Waals surface area (Å²) in [5.74, 6) is 0.555. The fraction of sp³-hybridized carbons (Fsp3) is 0.280. The Morgan fingerprint density at radius 3 is 2.38 bits per heavy atom. The first-order valence-electron chi connectivity index (χ1n) is 11.1. The van der Waals surface area contributed by atoms with Crippen molar-refractivity contribution in [2.75, 3.05) is 34.5 Å². The van der Waals surface area contributed by atoms with Crippen LogP contribution in [0.15, 0.2) is 48.5 Å². The van der Waals surface area contributed by atoms with Gasteiger partial charge in [0.25, 0.3) is 5.91 Å². The molecule has 0 fully saturated rings. The van der Waals surface area contributed by atoms with E-state index in [-0.39, 0.29) is 23.7 Å².